The number of hydrogen-bond acceptors (Lipinski definition) is 3. The molecule has 13 heavy (non-hydrogen) atoms. The molecule has 1 atom stereocenters. The fraction of sp³-hybridized carbons (Fsp3) is 0.625. The zero-order valence-corrected chi connectivity index (χ0v) is 11.0. The molecule has 0 heterocycles. The minimum atomic E-state index is -1.64. The number of ether oxygens (including phenoxy) is 1. The van der Waals surface area contributed by atoms with Crippen LogP contribution in [-0.4, -0.2) is 20.6 Å². The first kappa shape index (κ1) is 12.9. The second kappa shape index (κ2) is 4.93. The van der Waals surface area contributed by atoms with Crippen LogP contribution in [0.4, 0.5) is 0 Å². The van der Waals surface area contributed by atoms with Gasteiger partial charge in [-0.15, -0.1) is 0 Å². The SMILES string of the molecule is C=C(Br)C(=O)OC(C)O[Si](C)(C)C. The Labute approximate surface area is 88.4 Å². The van der Waals surface area contributed by atoms with Crippen LogP contribution in [-0.2, 0) is 14.0 Å². The molecule has 0 saturated heterocycles. The van der Waals surface area contributed by atoms with Gasteiger partial charge in [0.25, 0.3) is 0 Å². The van der Waals surface area contributed by atoms with Crippen LogP contribution in [0.25, 0.3) is 0 Å². The summed E-state index contributed by atoms with van der Waals surface area (Å²) in [6.45, 7) is 11.2. The predicted molar refractivity (Wildman–Crippen MR) is 58.1 cm³/mol. The van der Waals surface area contributed by atoms with Crippen molar-refractivity contribution in [3.05, 3.63) is 11.1 Å². The van der Waals surface area contributed by atoms with E-state index in [9.17, 15) is 4.79 Å². The lowest BCUT2D eigenvalue weighted by atomic mass is 10.6. The summed E-state index contributed by atoms with van der Waals surface area (Å²) in [7, 11) is -1.64. The molecule has 0 aromatic rings. The first-order chi connectivity index (χ1) is 5.72. The molecule has 0 saturated carbocycles. The minimum absolute atomic E-state index is 0.207. The van der Waals surface area contributed by atoms with E-state index in [1.807, 2.05) is 19.6 Å². The molecule has 0 aromatic carbocycles. The summed E-state index contributed by atoms with van der Waals surface area (Å²) < 4.78 is 10.6. The molecule has 0 rings (SSSR count). The van der Waals surface area contributed by atoms with Gasteiger partial charge in [-0.25, -0.2) is 4.79 Å². The van der Waals surface area contributed by atoms with Gasteiger partial charge in [-0.3, -0.25) is 0 Å². The largest absolute Gasteiger partial charge is 0.433 e. The molecule has 3 nitrogen and oxygen atoms in total. The topological polar surface area (TPSA) is 35.5 Å². The highest BCUT2D eigenvalue weighted by atomic mass is 79.9. The molecule has 0 bridgehead atoms. The first-order valence-corrected chi connectivity index (χ1v) is 8.15. The fourth-order valence-corrected chi connectivity index (χ4v) is 1.87. The molecule has 0 fully saturated rings. The highest BCUT2D eigenvalue weighted by Gasteiger charge is 2.20. The second-order valence-corrected chi connectivity index (χ2v) is 9.03. The molecule has 0 aliphatic rings. The van der Waals surface area contributed by atoms with E-state index in [1.165, 1.54) is 0 Å². The van der Waals surface area contributed by atoms with Crippen molar-refractivity contribution in [1.82, 2.24) is 0 Å². The Morgan fingerprint density at radius 1 is 1.46 bits per heavy atom. The van der Waals surface area contributed by atoms with E-state index in [-0.39, 0.29) is 4.48 Å². The van der Waals surface area contributed by atoms with Crippen molar-refractivity contribution in [2.24, 2.45) is 0 Å². The standard InChI is InChI=1S/C8H15BrO3Si/c1-6(9)8(10)11-7(2)12-13(3,4)5/h7H,1H2,2-5H3. The van der Waals surface area contributed by atoms with E-state index >= 15 is 0 Å². The van der Waals surface area contributed by atoms with Gasteiger partial charge in [0.2, 0.25) is 0 Å². The highest BCUT2D eigenvalue weighted by molar-refractivity contribution is 9.12. The summed E-state index contributed by atoms with van der Waals surface area (Å²) in [5.74, 6) is -0.481. The summed E-state index contributed by atoms with van der Waals surface area (Å²) in [5.41, 5.74) is 0. The molecule has 0 amide bonds. The average molecular weight is 267 g/mol. The van der Waals surface area contributed by atoms with Gasteiger partial charge in [0.15, 0.2) is 14.6 Å². The van der Waals surface area contributed by atoms with Crippen LogP contribution in [0.15, 0.2) is 11.1 Å². The van der Waals surface area contributed by atoms with Gasteiger partial charge in [0, 0.05) is 0 Å². The monoisotopic (exact) mass is 266 g/mol. The van der Waals surface area contributed by atoms with Gasteiger partial charge < -0.3 is 9.16 Å². The molecule has 0 N–H and O–H groups in total. The number of hydrogen-bond donors (Lipinski definition) is 0. The predicted octanol–water partition coefficient (Wildman–Crippen LogP) is 2.64. The zero-order chi connectivity index (χ0) is 10.6. The third kappa shape index (κ3) is 6.98. The number of rotatable bonds is 4. The molecule has 0 spiro atoms. The molecule has 0 radical (unpaired) electrons. The molecule has 0 aromatic heterocycles. The van der Waals surface area contributed by atoms with Crippen LogP contribution >= 0.6 is 15.9 Å². The van der Waals surface area contributed by atoms with E-state index in [1.54, 1.807) is 6.92 Å². The van der Waals surface area contributed by atoms with E-state index in [0.29, 0.717) is 0 Å². The van der Waals surface area contributed by atoms with Gasteiger partial charge >= 0.3 is 5.97 Å². The van der Waals surface area contributed by atoms with Gasteiger partial charge in [-0.05, 0) is 42.5 Å². The quantitative estimate of drug-likeness (QED) is 0.340. The third-order valence-electron chi connectivity index (χ3n) is 1.01. The molecule has 76 valence electrons. The lowest BCUT2D eigenvalue weighted by Crippen LogP contribution is -2.33. The fourth-order valence-electron chi connectivity index (χ4n) is 0.737. The van der Waals surface area contributed by atoms with Crippen molar-refractivity contribution in [1.29, 1.82) is 0 Å². The Kier molecular flexibility index (Phi) is 4.88. The molecule has 0 aliphatic carbocycles. The Morgan fingerprint density at radius 3 is 2.23 bits per heavy atom. The van der Waals surface area contributed by atoms with Crippen LogP contribution in [0.2, 0.25) is 19.6 Å². The van der Waals surface area contributed by atoms with Crippen LogP contribution < -0.4 is 0 Å². The summed E-state index contributed by atoms with van der Waals surface area (Å²) in [6, 6.07) is 0. The van der Waals surface area contributed by atoms with Crippen molar-refractivity contribution >= 4 is 30.2 Å². The van der Waals surface area contributed by atoms with Gasteiger partial charge in [0.05, 0.1) is 4.48 Å². The molecular weight excluding hydrogens is 252 g/mol. The minimum Gasteiger partial charge on any atom is -0.433 e. The zero-order valence-electron chi connectivity index (χ0n) is 8.39. The maximum atomic E-state index is 11.0. The first-order valence-electron chi connectivity index (χ1n) is 3.95. The van der Waals surface area contributed by atoms with Crippen molar-refractivity contribution in [3.8, 4) is 0 Å². The molecule has 0 aliphatic heterocycles. The van der Waals surface area contributed by atoms with E-state index in [2.05, 4.69) is 22.5 Å². The van der Waals surface area contributed by atoms with Crippen molar-refractivity contribution < 1.29 is 14.0 Å². The third-order valence-corrected chi connectivity index (χ3v) is 2.38. The lowest BCUT2D eigenvalue weighted by Gasteiger charge is -2.22. The smallest absolute Gasteiger partial charge is 0.346 e. The maximum absolute atomic E-state index is 11.0. The van der Waals surface area contributed by atoms with Crippen molar-refractivity contribution in [2.75, 3.05) is 0 Å². The summed E-state index contributed by atoms with van der Waals surface area (Å²) in [5, 5.41) is 0. The van der Waals surface area contributed by atoms with E-state index < -0.39 is 20.6 Å². The number of carbonyl (C=O) groups is 1. The highest BCUT2D eigenvalue weighted by Crippen LogP contribution is 2.11. The van der Waals surface area contributed by atoms with Crippen molar-refractivity contribution in [2.45, 2.75) is 32.9 Å². The maximum Gasteiger partial charge on any atom is 0.346 e. The van der Waals surface area contributed by atoms with Gasteiger partial charge in [-0.1, -0.05) is 6.58 Å². The van der Waals surface area contributed by atoms with E-state index in [4.69, 9.17) is 9.16 Å². The number of halogens is 1. The Bertz CT molecular complexity index is 210. The van der Waals surface area contributed by atoms with E-state index in [0.717, 1.165) is 0 Å². The lowest BCUT2D eigenvalue weighted by molar-refractivity contribution is -0.156. The van der Waals surface area contributed by atoms with Crippen LogP contribution in [0.3, 0.4) is 0 Å². The van der Waals surface area contributed by atoms with Gasteiger partial charge in [-0.2, -0.15) is 0 Å². The summed E-state index contributed by atoms with van der Waals surface area (Å²) in [6.07, 6.45) is -0.506. The Morgan fingerprint density at radius 2 is 1.92 bits per heavy atom. The summed E-state index contributed by atoms with van der Waals surface area (Å²) >= 11 is 2.93. The van der Waals surface area contributed by atoms with Crippen LogP contribution in [0.5, 0.6) is 0 Å². The van der Waals surface area contributed by atoms with Crippen molar-refractivity contribution in [3.63, 3.8) is 0 Å². The van der Waals surface area contributed by atoms with Crippen LogP contribution in [0, 0.1) is 0 Å². The molecule has 1 unspecified atom stereocenters. The van der Waals surface area contributed by atoms with Crippen LogP contribution in [0.1, 0.15) is 6.92 Å². The normalized spacial score (nSPS) is 13.6. The number of carbonyl (C=O) groups excluding carboxylic acids is 1. The Balaban J connectivity index is 3.95. The van der Waals surface area contributed by atoms with Gasteiger partial charge in [0.1, 0.15) is 0 Å². The number of esters is 1. The molecular formula is C8H15BrO3Si. The second-order valence-electron chi connectivity index (χ2n) is 3.61. The Hall–Kier alpha value is -0.133. The average Bonchev–Trinajstić information content (AvgIpc) is 1.81. The summed E-state index contributed by atoms with van der Waals surface area (Å²) in [4.78, 5) is 11.0. The molecule has 5 heteroatoms.